The number of hydrogen-bond donors (Lipinski definition) is 3. The predicted molar refractivity (Wildman–Crippen MR) is 66.8 cm³/mol. The van der Waals surface area contributed by atoms with Crippen LogP contribution in [-0.4, -0.2) is 61.4 Å². The number of ether oxygens (including phenoxy) is 1. The number of rotatable bonds is 4. The van der Waals surface area contributed by atoms with Gasteiger partial charge in [0.05, 0.1) is 13.2 Å². The molecule has 1 aliphatic rings. The molecule has 0 saturated carbocycles. The zero-order chi connectivity index (χ0) is 12.5. The Hall–Kier alpha value is -1.34. The molecule has 0 amide bonds. The number of unbranched alkanes of at least 4 members (excludes halogenated alkanes) is 1. The second kappa shape index (κ2) is 7.86. The lowest BCUT2D eigenvalue weighted by molar-refractivity contribution is 0.0676. The highest BCUT2D eigenvalue weighted by molar-refractivity contribution is 5.93. The maximum atomic E-state index is 8.60. The number of guanidine groups is 2. The van der Waals surface area contributed by atoms with Crippen LogP contribution in [-0.2, 0) is 4.74 Å². The summed E-state index contributed by atoms with van der Waals surface area (Å²) in [4.78, 5) is 10.00. The number of nitrogens with zero attached hydrogens (tertiary/aromatic N) is 3. The van der Waals surface area contributed by atoms with E-state index in [2.05, 4.69) is 9.98 Å². The molecule has 5 N–H and O–H groups in total. The molecule has 7 nitrogen and oxygen atoms in total. The first kappa shape index (κ1) is 13.7. The molecule has 0 aromatic heterocycles. The van der Waals surface area contributed by atoms with E-state index in [-0.39, 0.29) is 12.6 Å². The average molecular weight is 243 g/mol. The summed E-state index contributed by atoms with van der Waals surface area (Å²) in [6.07, 6.45) is 1.52. The summed E-state index contributed by atoms with van der Waals surface area (Å²) in [6.45, 7) is 3.51. The Labute approximate surface area is 101 Å². The van der Waals surface area contributed by atoms with Gasteiger partial charge in [-0.2, -0.15) is 4.99 Å². The summed E-state index contributed by atoms with van der Waals surface area (Å²) in [5, 5.41) is 8.60. The molecule has 7 heteroatoms. The van der Waals surface area contributed by atoms with Crippen LogP contribution in [0.1, 0.15) is 12.8 Å². The Morgan fingerprint density at radius 3 is 2.59 bits per heavy atom. The third-order valence-corrected chi connectivity index (χ3v) is 2.40. The zero-order valence-corrected chi connectivity index (χ0v) is 10.0. The van der Waals surface area contributed by atoms with Gasteiger partial charge in [0, 0.05) is 26.2 Å². The van der Waals surface area contributed by atoms with Crippen molar-refractivity contribution in [3.63, 3.8) is 0 Å². The first-order valence-corrected chi connectivity index (χ1v) is 5.81. The second-order valence-corrected chi connectivity index (χ2v) is 3.74. The SMILES string of the molecule is NC(=NCCCCO)N=C(N)N1CCOCC1. The highest BCUT2D eigenvalue weighted by Gasteiger charge is 2.12. The maximum Gasteiger partial charge on any atom is 0.218 e. The lowest BCUT2D eigenvalue weighted by Crippen LogP contribution is -2.45. The molecule has 0 aromatic rings. The third-order valence-electron chi connectivity index (χ3n) is 2.40. The van der Waals surface area contributed by atoms with E-state index >= 15 is 0 Å². The number of hydrogen-bond acceptors (Lipinski definition) is 3. The molecule has 0 spiro atoms. The molecule has 1 fully saturated rings. The van der Waals surface area contributed by atoms with E-state index in [1.807, 2.05) is 4.90 Å². The summed E-state index contributed by atoms with van der Waals surface area (Å²) < 4.78 is 5.21. The number of nitrogens with two attached hydrogens (primary N) is 2. The van der Waals surface area contributed by atoms with Crippen molar-refractivity contribution < 1.29 is 9.84 Å². The fraction of sp³-hybridized carbons (Fsp3) is 0.800. The largest absolute Gasteiger partial charge is 0.396 e. The van der Waals surface area contributed by atoms with Gasteiger partial charge in [0.1, 0.15) is 0 Å². The fourth-order valence-corrected chi connectivity index (χ4v) is 1.43. The molecule has 0 radical (unpaired) electrons. The van der Waals surface area contributed by atoms with Crippen LogP contribution in [0.5, 0.6) is 0 Å². The molecule has 98 valence electrons. The summed E-state index contributed by atoms with van der Waals surface area (Å²) >= 11 is 0. The molecule has 1 saturated heterocycles. The van der Waals surface area contributed by atoms with E-state index < -0.39 is 0 Å². The molecule has 1 aliphatic heterocycles. The van der Waals surface area contributed by atoms with Gasteiger partial charge >= 0.3 is 0 Å². The molecular weight excluding hydrogens is 222 g/mol. The lowest BCUT2D eigenvalue weighted by atomic mass is 10.3. The summed E-state index contributed by atoms with van der Waals surface area (Å²) in [7, 11) is 0. The molecule has 0 atom stereocenters. The normalized spacial score (nSPS) is 18.5. The van der Waals surface area contributed by atoms with Crippen LogP contribution in [0.4, 0.5) is 0 Å². The second-order valence-electron chi connectivity index (χ2n) is 3.74. The molecular formula is C10H21N5O2. The maximum absolute atomic E-state index is 8.60. The molecule has 0 aromatic carbocycles. The number of morpholine rings is 1. The van der Waals surface area contributed by atoms with Crippen LogP contribution in [0.3, 0.4) is 0 Å². The topological polar surface area (TPSA) is 109 Å². The predicted octanol–water partition coefficient (Wildman–Crippen LogP) is -1.28. The highest BCUT2D eigenvalue weighted by atomic mass is 16.5. The minimum atomic E-state index is 0.175. The Morgan fingerprint density at radius 1 is 1.24 bits per heavy atom. The van der Waals surface area contributed by atoms with Crippen LogP contribution in [0.15, 0.2) is 9.98 Å². The van der Waals surface area contributed by atoms with Crippen LogP contribution < -0.4 is 11.5 Å². The van der Waals surface area contributed by atoms with E-state index in [4.69, 9.17) is 21.3 Å². The number of aliphatic imine (C=N–C) groups is 2. The Bertz CT molecular complexity index is 274. The van der Waals surface area contributed by atoms with Gasteiger partial charge in [-0.15, -0.1) is 0 Å². The summed E-state index contributed by atoms with van der Waals surface area (Å²) in [6, 6.07) is 0. The van der Waals surface area contributed by atoms with Crippen molar-refractivity contribution in [3.8, 4) is 0 Å². The van der Waals surface area contributed by atoms with Gasteiger partial charge < -0.3 is 26.2 Å². The minimum Gasteiger partial charge on any atom is -0.396 e. The Kier molecular flexibility index (Phi) is 6.34. The zero-order valence-electron chi connectivity index (χ0n) is 10.0. The average Bonchev–Trinajstić information content (AvgIpc) is 2.36. The molecule has 1 rings (SSSR count). The first-order valence-electron chi connectivity index (χ1n) is 5.81. The standard InChI is InChI=1S/C10H21N5O2/c11-9(13-3-1-2-6-16)14-10(12)15-4-7-17-8-5-15/h16H,1-8H2,(H4,11,12,13,14). The van der Waals surface area contributed by atoms with Crippen molar-refractivity contribution in [3.05, 3.63) is 0 Å². The molecule has 0 bridgehead atoms. The smallest absolute Gasteiger partial charge is 0.218 e. The van der Waals surface area contributed by atoms with Crippen molar-refractivity contribution in [1.82, 2.24) is 4.90 Å². The highest BCUT2D eigenvalue weighted by Crippen LogP contribution is 1.96. The van der Waals surface area contributed by atoms with Gasteiger partial charge in [-0.3, -0.25) is 4.99 Å². The molecule has 0 aliphatic carbocycles. The van der Waals surface area contributed by atoms with Crippen LogP contribution >= 0.6 is 0 Å². The van der Waals surface area contributed by atoms with Crippen molar-refractivity contribution in [2.45, 2.75) is 12.8 Å². The van der Waals surface area contributed by atoms with Crippen LogP contribution in [0, 0.1) is 0 Å². The van der Waals surface area contributed by atoms with Gasteiger partial charge in [-0.25, -0.2) is 0 Å². The van der Waals surface area contributed by atoms with Crippen molar-refractivity contribution in [1.29, 1.82) is 0 Å². The van der Waals surface area contributed by atoms with E-state index in [0.717, 1.165) is 25.9 Å². The summed E-state index contributed by atoms with van der Waals surface area (Å²) in [5.41, 5.74) is 11.4. The van der Waals surface area contributed by atoms with Gasteiger partial charge in [0.2, 0.25) is 5.96 Å². The third kappa shape index (κ3) is 5.50. The molecule has 1 heterocycles. The first-order chi connectivity index (χ1) is 8.24. The van der Waals surface area contributed by atoms with Gasteiger partial charge in [0.25, 0.3) is 0 Å². The van der Waals surface area contributed by atoms with E-state index in [1.54, 1.807) is 0 Å². The number of aliphatic hydroxyl groups excluding tert-OH is 1. The Balaban J connectivity index is 2.37. The molecule has 17 heavy (non-hydrogen) atoms. The minimum absolute atomic E-state index is 0.175. The lowest BCUT2D eigenvalue weighted by Gasteiger charge is -2.27. The van der Waals surface area contributed by atoms with Crippen molar-refractivity contribution >= 4 is 11.9 Å². The summed E-state index contributed by atoms with van der Waals surface area (Å²) in [5.74, 6) is 0.573. The monoisotopic (exact) mass is 243 g/mol. The van der Waals surface area contributed by atoms with Gasteiger partial charge in [0.15, 0.2) is 5.96 Å². The van der Waals surface area contributed by atoms with E-state index in [1.165, 1.54) is 0 Å². The fourth-order valence-electron chi connectivity index (χ4n) is 1.43. The van der Waals surface area contributed by atoms with Gasteiger partial charge in [-0.1, -0.05) is 0 Å². The van der Waals surface area contributed by atoms with Crippen LogP contribution in [0.25, 0.3) is 0 Å². The van der Waals surface area contributed by atoms with Crippen LogP contribution in [0.2, 0.25) is 0 Å². The van der Waals surface area contributed by atoms with E-state index in [0.29, 0.717) is 25.7 Å². The van der Waals surface area contributed by atoms with Crippen molar-refractivity contribution in [2.75, 3.05) is 39.5 Å². The molecule has 0 unspecified atom stereocenters. The number of aliphatic hydroxyl groups is 1. The van der Waals surface area contributed by atoms with Gasteiger partial charge in [-0.05, 0) is 12.8 Å². The Morgan fingerprint density at radius 2 is 1.94 bits per heavy atom. The quantitative estimate of drug-likeness (QED) is 0.324. The van der Waals surface area contributed by atoms with Crippen molar-refractivity contribution in [2.24, 2.45) is 21.5 Å². The van der Waals surface area contributed by atoms with E-state index in [9.17, 15) is 0 Å².